The third-order valence-electron chi connectivity index (χ3n) is 4.45. The molecule has 122 valence electrons. The fourth-order valence-corrected chi connectivity index (χ4v) is 3.41. The van der Waals surface area contributed by atoms with Gasteiger partial charge in [0.1, 0.15) is 6.17 Å². The summed E-state index contributed by atoms with van der Waals surface area (Å²) in [6, 6.07) is 11.2. The number of nitrogens with zero attached hydrogens (tertiary/aromatic N) is 2. The van der Waals surface area contributed by atoms with Crippen LogP contribution in [0, 0.1) is 20.8 Å². The van der Waals surface area contributed by atoms with Gasteiger partial charge in [-0.3, -0.25) is 0 Å². The number of aromatic hydroxyl groups is 2. The van der Waals surface area contributed by atoms with Crippen LogP contribution in [0.2, 0.25) is 0 Å². The van der Waals surface area contributed by atoms with Crippen LogP contribution in [0.5, 0.6) is 11.5 Å². The van der Waals surface area contributed by atoms with E-state index in [1.807, 2.05) is 11.6 Å². The Hall–Kier alpha value is -2.95. The number of rotatable bonds is 1. The topological polar surface area (TPSA) is 70.3 Å². The quantitative estimate of drug-likeness (QED) is 0.595. The number of hydrogen-bond donors (Lipinski definition) is 3. The van der Waals surface area contributed by atoms with E-state index in [4.69, 9.17) is 0 Å². The van der Waals surface area contributed by atoms with Gasteiger partial charge in [-0.25, -0.2) is 4.68 Å². The van der Waals surface area contributed by atoms with Gasteiger partial charge in [0.2, 0.25) is 0 Å². The molecule has 2 aromatic carbocycles. The zero-order valence-electron chi connectivity index (χ0n) is 13.8. The number of phenols is 2. The van der Waals surface area contributed by atoms with Gasteiger partial charge in [0, 0.05) is 16.8 Å². The fraction of sp³-hybridized carbons (Fsp3) is 0.211. The van der Waals surface area contributed by atoms with Crippen LogP contribution >= 0.6 is 0 Å². The van der Waals surface area contributed by atoms with E-state index in [2.05, 4.69) is 42.5 Å². The maximum absolute atomic E-state index is 9.86. The maximum atomic E-state index is 9.86. The van der Waals surface area contributed by atoms with Gasteiger partial charge in [-0.1, -0.05) is 17.7 Å². The van der Waals surface area contributed by atoms with E-state index in [0.29, 0.717) is 0 Å². The Labute approximate surface area is 140 Å². The number of benzene rings is 2. The monoisotopic (exact) mass is 321 g/mol. The van der Waals surface area contributed by atoms with Gasteiger partial charge in [0.25, 0.3) is 0 Å². The summed E-state index contributed by atoms with van der Waals surface area (Å²) in [6.07, 6.45) is -0.242. The molecule has 2 heterocycles. The molecule has 0 unspecified atom stereocenters. The number of phenolic OH excluding ortho intramolecular Hbond substituents is 2. The summed E-state index contributed by atoms with van der Waals surface area (Å²) in [5.41, 5.74) is 7.40. The minimum atomic E-state index is -0.242. The van der Waals surface area contributed by atoms with Gasteiger partial charge in [-0.05, 0) is 50.6 Å². The molecule has 0 amide bonds. The molecule has 3 aromatic rings. The van der Waals surface area contributed by atoms with Crippen LogP contribution in [-0.4, -0.2) is 20.0 Å². The molecular formula is C19H19N3O2. The molecule has 5 nitrogen and oxygen atoms in total. The average Bonchev–Trinajstić information content (AvgIpc) is 2.91. The first-order valence-corrected chi connectivity index (χ1v) is 7.90. The van der Waals surface area contributed by atoms with E-state index < -0.39 is 0 Å². The van der Waals surface area contributed by atoms with Crippen LogP contribution in [0.4, 0.5) is 5.69 Å². The van der Waals surface area contributed by atoms with E-state index in [1.165, 1.54) is 17.2 Å². The molecule has 0 radical (unpaired) electrons. The molecule has 0 saturated carbocycles. The first-order valence-electron chi connectivity index (χ1n) is 7.90. The molecule has 4 rings (SSSR count). The standard InChI is InChI=1S/C19H19N3O2/c1-10-6-11(2)18-14(7-10)15-8-12(3)21-22(15)19(20-18)13-4-5-16(23)17(24)9-13/h4-9,19-20,23-24H,1-3H3/t19-/m0/s1. The van der Waals surface area contributed by atoms with E-state index >= 15 is 0 Å². The normalized spacial score (nSPS) is 15.5. The summed E-state index contributed by atoms with van der Waals surface area (Å²) in [5.74, 6) is -0.259. The Morgan fingerprint density at radius 2 is 1.79 bits per heavy atom. The van der Waals surface area contributed by atoms with Crippen molar-refractivity contribution in [3.63, 3.8) is 0 Å². The van der Waals surface area contributed by atoms with Gasteiger partial charge in [-0.15, -0.1) is 0 Å². The first-order chi connectivity index (χ1) is 11.4. The lowest BCUT2D eigenvalue weighted by molar-refractivity contribution is 0.402. The van der Waals surface area contributed by atoms with Gasteiger partial charge >= 0.3 is 0 Å². The molecular weight excluding hydrogens is 302 g/mol. The summed E-state index contributed by atoms with van der Waals surface area (Å²) >= 11 is 0. The molecule has 3 N–H and O–H groups in total. The second-order valence-corrected chi connectivity index (χ2v) is 6.41. The molecule has 1 aliphatic heterocycles. The van der Waals surface area contributed by atoms with Gasteiger partial charge in [-0.2, -0.15) is 5.10 Å². The van der Waals surface area contributed by atoms with Gasteiger partial charge < -0.3 is 15.5 Å². The molecule has 24 heavy (non-hydrogen) atoms. The summed E-state index contributed by atoms with van der Waals surface area (Å²) in [5, 5.41) is 27.6. The van der Waals surface area contributed by atoms with Crippen LogP contribution in [-0.2, 0) is 0 Å². The van der Waals surface area contributed by atoms with Crippen LogP contribution < -0.4 is 5.32 Å². The number of anilines is 1. The van der Waals surface area contributed by atoms with Crippen LogP contribution in [0.3, 0.4) is 0 Å². The van der Waals surface area contributed by atoms with Gasteiger partial charge in [0.05, 0.1) is 11.4 Å². The molecule has 1 aromatic heterocycles. The summed E-state index contributed by atoms with van der Waals surface area (Å²) < 4.78 is 1.93. The Morgan fingerprint density at radius 1 is 1.00 bits per heavy atom. The van der Waals surface area contributed by atoms with E-state index in [1.54, 1.807) is 12.1 Å². The van der Waals surface area contributed by atoms with Crippen molar-refractivity contribution >= 4 is 5.69 Å². The van der Waals surface area contributed by atoms with Crippen molar-refractivity contribution in [3.05, 3.63) is 58.8 Å². The molecule has 0 aliphatic carbocycles. The predicted octanol–water partition coefficient (Wildman–Crippen LogP) is 3.86. The van der Waals surface area contributed by atoms with Gasteiger partial charge in [0.15, 0.2) is 11.5 Å². The lowest BCUT2D eigenvalue weighted by Gasteiger charge is -2.30. The minimum absolute atomic E-state index is 0.126. The lowest BCUT2D eigenvalue weighted by atomic mass is 9.98. The van der Waals surface area contributed by atoms with Crippen molar-refractivity contribution < 1.29 is 10.2 Å². The summed E-state index contributed by atoms with van der Waals surface area (Å²) in [7, 11) is 0. The zero-order chi connectivity index (χ0) is 17.0. The Bertz CT molecular complexity index is 959. The molecule has 0 fully saturated rings. The van der Waals surface area contributed by atoms with Crippen LogP contribution in [0.1, 0.15) is 28.6 Å². The second kappa shape index (κ2) is 5.03. The highest BCUT2D eigenvalue weighted by molar-refractivity contribution is 5.82. The summed E-state index contributed by atoms with van der Waals surface area (Å²) in [4.78, 5) is 0. The minimum Gasteiger partial charge on any atom is -0.504 e. The van der Waals surface area contributed by atoms with Crippen molar-refractivity contribution in [2.45, 2.75) is 26.9 Å². The number of aromatic nitrogens is 2. The third-order valence-corrected chi connectivity index (χ3v) is 4.45. The number of fused-ring (bicyclic) bond motifs is 3. The molecule has 1 atom stereocenters. The summed E-state index contributed by atoms with van der Waals surface area (Å²) in [6.45, 7) is 6.15. The molecule has 0 spiro atoms. The number of nitrogens with one attached hydrogen (secondary N) is 1. The highest BCUT2D eigenvalue weighted by Gasteiger charge is 2.28. The van der Waals surface area contributed by atoms with Crippen molar-refractivity contribution in [2.75, 3.05) is 5.32 Å². The molecule has 0 bridgehead atoms. The lowest BCUT2D eigenvalue weighted by Crippen LogP contribution is -2.26. The number of aryl methyl sites for hydroxylation is 3. The fourth-order valence-electron chi connectivity index (χ4n) is 3.41. The number of hydrogen-bond acceptors (Lipinski definition) is 4. The van der Waals surface area contributed by atoms with E-state index in [-0.39, 0.29) is 17.7 Å². The second-order valence-electron chi connectivity index (χ2n) is 6.41. The van der Waals surface area contributed by atoms with E-state index in [9.17, 15) is 10.2 Å². The van der Waals surface area contributed by atoms with Crippen LogP contribution in [0.15, 0.2) is 36.4 Å². The van der Waals surface area contributed by atoms with Crippen LogP contribution in [0.25, 0.3) is 11.3 Å². The largest absolute Gasteiger partial charge is 0.504 e. The van der Waals surface area contributed by atoms with Crippen molar-refractivity contribution in [2.24, 2.45) is 0 Å². The van der Waals surface area contributed by atoms with E-state index in [0.717, 1.165) is 28.2 Å². The molecule has 1 aliphatic rings. The highest BCUT2D eigenvalue weighted by Crippen LogP contribution is 2.42. The molecule has 5 heteroatoms. The Balaban J connectivity index is 1.93. The highest BCUT2D eigenvalue weighted by atomic mass is 16.3. The smallest absolute Gasteiger partial charge is 0.157 e. The SMILES string of the molecule is Cc1cc(C)c2c(c1)-c1cc(C)nn1[C@@H](c1ccc(O)c(O)c1)N2. The Kier molecular flexibility index (Phi) is 3.06. The first kappa shape index (κ1) is 14.6. The van der Waals surface area contributed by atoms with Crippen molar-refractivity contribution in [1.29, 1.82) is 0 Å². The predicted molar refractivity (Wildman–Crippen MR) is 93.4 cm³/mol. The zero-order valence-corrected chi connectivity index (χ0v) is 13.8. The average molecular weight is 321 g/mol. The Morgan fingerprint density at radius 3 is 2.54 bits per heavy atom. The third kappa shape index (κ3) is 2.12. The maximum Gasteiger partial charge on any atom is 0.157 e. The van der Waals surface area contributed by atoms with Crippen molar-refractivity contribution in [3.8, 4) is 22.8 Å². The van der Waals surface area contributed by atoms with Crippen molar-refractivity contribution in [1.82, 2.24) is 9.78 Å². The molecule has 0 saturated heterocycles.